The SMILES string of the molecule is CCn1ccnc1-c1[nH]ncc1C(=O)O. The van der Waals surface area contributed by atoms with Crippen molar-refractivity contribution in [1.29, 1.82) is 0 Å². The number of carbonyl (C=O) groups is 1. The zero-order valence-electron chi connectivity index (χ0n) is 8.14. The van der Waals surface area contributed by atoms with E-state index in [1.807, 2.05) is 11.5 Å². The summed E-state index contributed by atoms with van der Waals surface area (Å²) in [5, 5.41) is 15.3. The zero-order valence-corrected chi connectivity index (χ0v) is 8.14. The van der Waals surface area contributed by atoms with Crippen molar-refractivity contribution in [3.05, 3.63) is 24.2 Å². The van der Waals surface area contributed by atoms with Gasteiger partial charge in [-0.15, -0.1) is 0 Å². The van der Waals surface area contributed by atoms with Crippen LogP contribution in [0.25, 0.3) is 11.5 Å². The van der Waals surface area contributed by atoms with Crippen LogP contribution in [0, 0.1) is 0 Å². The van der Waals surface area contributed by atoms with Crippen LogP contribution in [-0.2, 0) is 6.54 Å². The molecule has 0 aliphatic carbocycles. The van der Waals surface area contributed by atoms with Gasteiger partial charge in [0.2, 0.25) is 0 Å². The van der Waals surface area contributed by atoms with E-state index < -0.39 is 5.97 Å². The van der Waals surface area contributed by atoms with Crippen molar-refractivity contribution in [2.75, 3.05) is 0 Å². The number of aromatic amines is 1. The highest BCUT2D eigenvalue weighted by molar-refractivity contribution is 5.93. The first-order valence-corrected chi connectivity index (χ1v) is 4.52. The standard InChI is InChI=1S/C9H10N4O2/c1-2-13-4-3-10-8(13)7-6(9(14)15)5-11-12-7/h3-5H,2H2,1H3,(H,11,12)(H,14,15). The van der Waals surface area contributed by atoms with Crippen LogP contribution in [0.1, 0.15) is 17.3 Å². The third kappa shape index (κ3) is 1.50. The lowest BCUT2D eigenvalue weighted by atomic mass is 10.2. The number of nitrogens with one attached hydrogen (secondary N) is 1. The molecule has 0 radical (unpaired) electrons. The van der Waals surface area contributed by atoms with Gasteiger partial charge in [0.25, 0.3) is 0 Å². The molecule has 0 amide bonds. The summed E-state index contributed by atoms with van der Waals surface area (Å²) in [6.45, 7) is 2.69. The maximum absolute atomic E-state index is 10.9. The molecular weight excluding hydrogens is 196 g/mol. The molecule has 0 atom stereocenters. The van der Waals surface area contributed by atoms with Gasteiger partial charge in [-0.3, -0.25) is 5.10 Å². The summed E-state index contributed by atoms with van der Waals surface area (Å²) in [5.41, 5.74) is 0.574. The molecule has 6 heteroatoms. The van der Waals surface area contributed by atoms with E-state index >= 15 is 0 Å². The summed E-state index contributed by atoms with van der Waals surface area (Å²) in [6, 6.07) is 0. The number of nitrogens with zero attached hydrogens (tertiary/aromatic N) is 3. The minimum absolute atomic E-state index is 0.135. The summed E-state index contributed by atoms with van der Waals surface area (Å²) in [7, 11) is 0. The number of H-pyrrole nitrogens is 1. The quantitative estimate of drug-likeness (QED) is 0.784. The van der Waals surface area contributed by atoms with Crippen LogP contribution in [0.3, 0.4) is 0 Å². The monoisotopic (exact) mass is 206 g/mol. The van der Waals surface area contributed by atoms with Crippen LogP contribution in [0.15, 0.2) is 18.6 Å². The predicted octanol–water partition coefficient (Wildman–Crippen LogP) is 0.991. The minimum Gasteiger partial charge on any atom is -0.478 e. The van der Waals surface area contributed by atoms with Crippen molar-refractivity contribution in [2.45, 2.75) is 13.5 Å². The molecule has 0 unspecified atom stereocenters. The number of hydrogen-bond donors (Lipinski definition) is 2. The van der Waals surface area contributed by atoms with E-state index in [0.717, 1.165) is 6.54 Å². The molecule has 0 fully saturated rings. The second-order valence-electron chi connectivity index (χ2n) is 3.00. The van der Waals surface area contributed by atoms with E-state index in [-0.39, 0.29) is 5.56 Å². The molecule has 0 aromatic carbocycles. The molecule has 0 bridgehead atoms. The topological polar surface area (TPSA) is 83.8 Å². The van der Waals surface area contributed by atoms with Gasteiger partial charge in [0.15, 0.2) is 5.82 Å². The second kappa shape index (κ2) is 3.56. The minimum atomic E-state index is -1.01. The van der Waals surface area contributed by atoms with Gasteiger partial charge in [0, 0.05) is 18.9 Å². The van der Waals surface area contributed by atoms with Gasteiger partial charge >= 0.3 is 5.97 Å². The maximum atomic E-state index is 10.9. The molecule has 15 heavy (non-hydrogen) atoms. The van der Waals surface area contributed by atoms with Crippen molar-refractivity contribution in [2.24, 2.45) is 0 Å². The molecule has 0 saturated carbocycles. The Morgan fingerprint density at radius 2 is 2.47 bits per heavy atom. The van der Waals surface area contributed by atoms with Crippen LogP contribution in [0.2, 0.25) is 0 Å². The summed E-state index contributed by atoms with van der Waals surface area (Å²) in [6.07, 6.45) is 4.71. The lowest BCUT2D eigenvalue weighted by Crippen LogP contribution is -2.02. The molecule has 6 nitrogen and oxygen atoms in total. The van der Waals surface area contributed by atoms with Crippen molar-refractivity contribution in [3.8, 4) is 11.5 Å². The molecular formula is C9H10N4O2. The highest BCUT2D eigenvalue weighted by Crippen LogP contribution is 2.18. The van der Waals surface area contributed by atoms with Crippen molar-refractivity contribution in [3.63, 3.8) is 0 Å². The Morgan fingerprint density at radius 1 is 1.67 bits per heavy atom. The Morgan fingerprint density at radius 3 is 3.13 bits per heavy atom. The van der Waals surface area contributed by atoms with E-state index in [2.05, 4.69) is 15.2 Å². The van der Waals surface area contributed by atoms with Gasteiger partial charge in [0.1, 0.15) is 11.3 Å². The Bertz CT molecular complexity index is 486. The van der Waals surface area contributed by atoms with Crippen LogP contribution in [0.5, 0.6) is 0 Å². The highest BCUT2D eigenvalue weighted by atomic mass is 16.4. The number of aryl methyl sites for hydroxylation is 1. The normalized spacial score (nSPS) is 10.5. The lowest BCUT2D eigenvalue weighted by molar-refractivity contribution is 0.0697. The number of aromatic nitrogens is 4. The molecule has 2 aromatic rings. The fourth-order valence-corrected chi connectivity index (χ4v) is 1.41. The average molecular weight is 206 g/mol. The average Bonchev–Trinajstić information content (AvgIpc) is 2.85. The lowest BCUT2D eigenvalue weighted by Gasteiger charge is -2.02. The van der Waals surface area contributed by atoms with Gasteiger partial charge in [0.05, 0.1) is 6.20 Å². The Balaban J connectivity index is 2.54. The molecule has 0 aliphatic rings. The first kappa shape index (κ1) is 9.45. The predicted molar refractivity (Wildman–Crippen MR) is 52.4 cm³/mol. The van der Waals surface area contributed by atoms with E-state index in [0.29, 0.717) is 11.5 Å². The summed E-state index contributed by atoms with van der Waals surface area (Å²) in [4.78, 5) is 15.0. The van der Waals surface area contributed by atoms with Crippen LogP contribution in [-0.4, -0.2) is 30.8 Å². The van der Waals surface area contributed by atoms with E-state index in [1.54, 1.807) is 12.4 Å². The summed E-state index contributed by atoms with van der Waals surface area (Å²) >= 11 is 0. The van der Waals surface area contributed by atoms with E-state index in [4.69, 9.17) is 5.11 Å². The molecule has 0 spiro atoms. The number of rotatable bonds is 3. The van der Waals surface area contributed by atoms with Crippen molar-refractivity contribution >= 4 is 5.97 Å². The van der Waals surface area contributed by atoms with Crippen molar-refractivity contribution < 1.29 is 9.90 Å². The van der Waals surface area contributed by atoms with Gasteiger partial charge in [-0.1, -0.05) is 0 Å². The zero-order chi connectivity index (χ0) is 10.8. The molecule has 2 N–H and O–H groups in total. The van der Waals surface area contributed by atoms with E-state index in [1.165, 1.54) is 6.20 Å². The van der Waals surface area contributed by atoms with E-state index in [9.17, 15) is 4.79 Å². The fourth-order valence-electron chi connectivity index (χ4n) is 1.41. The van der Waals surface area contributed by atoms with Crippen LogP contribution < -0.4 is 0 Å². The first-order chi connectivity index (χ1) is 7.24. The molecule has 0 aliphatic heterocycles. The van der Waals surface area contributed by atoms with Gasteiger partial charge in [-0.05, 0) is 6.92 Å². The molecule has 0 saturated heterocycles. The second-order valence-corrected chi connectivity index (χ2v) is 3.00. The molecule has 78 valence electrons. The summed E-state index contributed by atoms with van der Waals surface area (Å²) in [5.74, 6) is -0.420. The molecule has 2 rings (SSSR count). The van der Waals surface area contributed by atoms with Gasteiger partial charge in [-0.25, -0.2) is 9.78 Å². The summed E-state index contributed by atoms with van der Waals surface area (Å²) < 4.78 is 1.85. The number of carboxylic acid groups (broad SMARTS) is 1. The number of carboxylic acids is 1. The van der Waals surface area contributed by atoms with Crippen molar-refractivity contribution in [1.82, 2.24) is 19.7 Å². The highest BCUT2D eigenvalue weighted by Gasteiger charge is 2.17. The first-order valence-electron chi connectivity index (χ1n) is 4.52. The largest absolute Gasteiger partial charge is 0.478 e. The molecule has 2 heterocycles. The Kier molecular flexibility index (Phi) is 2.24. The number of aromatic carboxylic acids is 1. The van der Waals surface area contributed by atoms with Crippen LogP contribution >= 0.6 is 0 Å². The van der Waals surface area contributed by atoms with Gasteiger partial charge in [-0.2, -0.15) is 5.10 Å². The maximum Gasteiger partial charge on any atom is 0.339 e. The molecule has 2 aromatic heterocycles. The third-order valence-corrected chi connectivity index (χ3v) is 2.15. The smallest absolute Gasteiger partial charge is 0.339 e. The van der Waals surface area contributed by atoms with Gasteiger partial charge < -0.3 is 9.67 Å². The Hall–Kier alpha value is -2.11. The number of hydrogen-bond acceptors (Lipinski definition) is 3. The van der Waals surface area contributed by atoms with Crippen LogP contribution in [0.4, 0.5) is 0 Å². The Labute approximate surface area is 85.6 Å². The fraction of sp³-hybridized carbons (Fsp3) is 0.222. The third-order valence-electron chi connectivity index (χ3n) is 2.15. The number of imidazole rings is 1.